The van der Waals surface area contributed by atoms with Gasteiger partial charge in [0, 0.05) is 50.1 Å². The number of amides is 1. The largest absolute Gasteiger partial charge is 0.495 e. The molecule has 1 amide bonds. The second-order valence-corrected chi connectivity index (χ2v) is 10.2. The van der Waals surface area contributed by atoms with E-state index in [2.05, 4.69) is 10.2 Å². The summed E-state index contributed by atoms with van der Waals surface area (Å²) < 4.78 is 33.2. The molecule has 1 aliphatic rings. The van der Waals surface area contributed by atoms with Crippen LogP contribution in [-0.4, -0.2) is 56.8 Å². The van der Waals surface area contributed by atoms with E-state index < -0.39 is 20.9 Å². The number of piperazine rings is 1. The van der Waals surface area contributed by atoms with Gasteiger partial charge in [-0.3, -0.25) is 14.9 Å². The molecule has 0 saturated carbocycles. The molecule has 0 spiro atoms. The van der Waals surface area contributed by atoms with Gasteiger partial charge in [-0.25, -0.2) is 8.42 Å². The standard InChI is InChI=1S/C26H26N4O6S/c1-36-25-8-3-2-7-24(25)28-15-17-29(18-16-28)37(34,35)23-12-10-21(11-13-23)27-26(31)14-9-20-5-4-6-22(19-20)30(32)33/h2-14,19H,15-18H2,1H3,(H,27,31)/b14-9+. The zero-order chi connectivity index (χ0) is 26.4. The van der Waals surface area contributed by atoms with Gasteiger partial charge in [-0.1, -0.05) is 24.3 Å². The highest BCUT2D eigenvalue weighted by Gasteiger charge is 2.29. The number of para-hydroxylation sites is 2. The Balaban J connectivity index is 1.36. The first-order valence-corrected chi connectivity index (χ1v) is 12.9. The number of rotatable bonds is 8. The summed E-state index contributed by atoms with van der Waals surface area (Å²) in [4.78, 5) is 24.9. The molecule has 192 valence electrons. The quantitative estimate of drug-likeness (QED) is 0.271. The van der Waals surface area contributed by atoms with Gasteiger partial charge in [0.25, 0.3) is 5.69 Å². The lowest BCUT2D eigenvalue weighted by Crippen LogP contribution is -2.48. The van der Waals surface area contributed by atoms with E-state index in [1.807, 2.05) is 24.3 Å². The van der Waals surface area contributed by atoms with Crippen molar-refractivity contribution in [3.05, 3.63) is 94.6 Å². The molecular weight excluding hydrogens is 496 g/mol. The number of carbonyl (C=O) groups is 1. The Morgan fingerprint density at radius 3 is 2.38 bits per heavy atom. The summed E-state index contributed by atoms with van der Waals surface area (Å²) >= 11 is 0. The van der Waals surface area contributed by atoms with Crippen LogP contribution in [-0.2, 0) is 14.8 Å². The number of benzene rings is 3. The molecule has 37 heavy (non-hydrogen) atoms. The van der Waals surface area contributed by atoms with E-state index in [1.54, 1.807) is 13.2 Å². The summed E-state index contributed by atoms with van der Waals surface area (Å²) in [6, 6.07) is 19.5. The minimum absolute atomic E-state index is 0.0689. The smallest absolute Gasteiger partial charge is 0.270 e. The van der Waals surface area contributed by atoms with E-state index in [9.17, 15) is 23.3 Å². The number of sulfonamides is 1. The molecule has 3 aromatic carbocycles. The summed E-state index contributed by atoms with van der Waals surface area (Å²) in [5, 5.41) is 13.5. The Bertz CT molecular complexity index is 1410. The number of hydrogen-bond acceptors (Lipinski definition) is 7. The van der Waals surface area contributed by atoms with E-state index in [4.69, 9.17) is 4.74 Å². The van der Waals surface area contributed by atoms with Crippen molar-refractivity contribution in [1.29, 1.82) is 0 Å². The van der Waals surface area contributed by atoms with E-state index >= 15 is 0 Å². The number of nitro benzene ring substituents is 1. The Hall–Kier alpha value is -4.22. The Morgan fingerprint density at radius 2 is 1.70 bits per heavy atom. The maximum Gasteiger partial charge on any atom is 0.270 e. The zero-order valence-electron chi connectivity index (χ0n) is 20.1. The second-order valence-electron chi connectivity index (χ2n) is 8.26. The number of nitrogens with zero attached hydrogens (tertiary/aromatic N) is 3. The SMILES string of the molecule is COc1ccccc1N1CCN(S(=O)(=O)c2ccc(NC(=O)/C=C/c3cccc([N+](=O)[O-])c3)cc2)CC1. The van der Waals surface area contributed by atoms with E-state index in [1.165, 1.54) is 58.9 Å². The van der Waals surface area contributed by atoms with Gasteiger partial charge in [-0.2, -0.15) is 4.31 Å². The number of nitro groups is 1. The van der Waals surface area contributed by atoms with Gasteiger partial charge in [-0.05, 0) is 48.0 Å². The first kappa shape index (κ1) is 25.9. The van der Waals surface area contributed by atoms with Crippen LogP contribution >= 0.6 is 0 Å². The van der Waals surface area contributed by atoms with Crippen LogP contribution in [0.3, 0.4) is 0 Å². The molecule has 0 unspecified atom stereocenters. The molecular formula is C26H26N4O6S. The van der Waals surface area contributed by atoms with Crippen molar-refractivity contribution in [3.8, 4) is 5.75 Å². The molecule has 0 radical (unpaired) electrons. The van der Waals surface area contributed by atoms with Gasteiger partial charge in [0.05, 0.1) is 22.6 Å². The molecule has 1 saturated heterocycles. The van der Waals surface area contributed by atoms with Gasteiger partial charge in [0.2, 0.25) is 15.9 Å². The lowest BCUT2D eigenvalue weighted by atomic mass is 10.2. The third kappa shape index (κ3) is 6.13. The summed E-state index contributed by atoms with van der Waals surface area (Å²) in [5.41, 5.74) is 1.80. The lowest BCUT2D eigenvalue weighted by Gasteiger charge is -2.35. The maximum absolute atomic E-state index is 13.2. The third-order valence-electron chi connectivity index (χ3n) is 5.93. The Kier molecular flexibility index (Phi) is 7.85. The first-order chi connectivity index (χ1) is 17.8. The minimum Gasteiger partial charge on any atom is -0.495 e. The third-order valence-corrected chi connectivity index (χ3v) is 7.85. The summed E-state index contributed by atoms with van der Waals surface area (Å²) in [7, 11) is -2.08. The molecule has 4 rings (SSSR count). The molecule has 0 bridgehead atoms. The topological polar surface area (TPSA) is 122 Å². The predicted molar refractivity (Wildman–Crippen MR) is 141 cm³/mol. The van der Waals surface area contributed by atoms with E-state index in [0.717, 1.165) is 11.4 Å². The van der Waals surface area contributed by atoms with Gasteiger partial charge >= 0.3 is 0 Å². The predicted octanol–water partition coefficient (Wildman–Crippen LogP) is 3.77. The van der Waals surface area contributed by atoms with Crippen LogP contribution < -0.4 is 15.0 Å². The molecule has 1 heterocycles. The minimum atomic E-state index is -3.69. The molecule has 3 aromatic rings. The van der Waals surface area contributed by atoms with Crippen LogP contribution in [0.4, 0.5) is 17.1 Å². The highest BCUT2D eigenvalue weighted by Crippen LogP contribution is 2.29. The van der Waals surface area contributed by atoms with Crippen molar-refractivity contribution < 1.29 is 22.9 Å². The molecule has 10 nitrogen and oxygen atoms in total. The fraction of sp³-hybridized carbons (Fsp3) is 0.192. The number of hydrogen-bond donors (Lipinski definition) is 1. The molecule has 0 aliphatic carbocycles. The maximum atomic E-state index is 13.2. The number of carbonyl (C=O) groups excluding carboxylic acids is 1. The summed E-state index contributed by atoms with van der Waals surface area (Å²) in [6.45, 7) is 1.73. The van der Waals surface area contributed by atoms with Gasteiger partial charge < -0.3 is 15.0 Å². The monoisotopic (exact) mass is 522 g/mol. The first-order valence-electron chi connectivity index (χ1n) is 11.5. The van der Waals surface area contributed by atoms with Crippen LogP contribution in [0.15, 0.2) is 83.8 Å². The molecule has 1 N–H and O–H groups in total. The van der Waals surface area contributed by atoms with Crippen molar-refractivity contribution in [2.75, 3.05) is 43.5 Å². The number of nitrogens with one attached hydrogen (secondary N) is 1. The summed E-state index contributed by atoms with van der Waals surface area (Å²) in [6.07, 6.45) is 2.72. The van der Waals surface area contributed by atoms with E-state index in [-0.39, 0.29) is 10.6 Å². The Morgan fingerprint density at radius 1 is 1.00 bits per heavy atom. The van der Waals surface area contributed by atoms with Crippen LogP contribution in [0.2, 0.25) is 0 Å². The van der Waals surface area contributed by atoms with Crippen LogP contribution in [0.5, 0.6) is 5.75 Å². The van der Waals surface area contributed by atoms with Gasteiger partial charge in [-0.15, -0.1) is 0 Å². The number of anilines is 2. The van der Waals surface area contributed by atoms with Crippen molar-refractivity contribution in [3.63, 3.8) is 0 Å². The number of methoxy groups -OCH3 is 1. The van der Waals surface area contributed by atoms with E-state index in [0.29, 0.717) is 37.4 Å². The average Bonchev–Trinajstić information content (AvgIpc) is 2.92. The second kappa shape index (κ2) is 11.2. The van der Waals surface area contributed by atoms with Gasteiger partial charge in [0.1, 0.15) is 5.75 Å². The van der Waals surface area contributed by atoms with Crippen molar-refractivity contribution >= 4 is 39.1 Å². The number of non-ortho nitro benzene ring substituents is 1. The zero-order valence-corrected chi connectivity index (χ0v) is 20.9. The van der Waals surface area contributed by atoms with Crippen LogP contribution in [0.1, 0.15) is 5.56 Å². The molecule has 1 aliphatic heterocycles. The molecule has 1 fully saturated rings. The normalized spacial score (nSPS) is 14.5. The van der Waals surface area contributed by atoms with Crippen LogP contribution in [0, 0.1) is 10.1 Å². The number of ether oxygens (including phenoxy) is 1. The molecule has 0 aromatic heterocycles. The fourth-order valence-corrected chi connectivity index (χ4v) is 5.44. The average molecular weight is 523 g/mol. The highest BCUT2D eigenvalue weighted by molar-refractivity contribution is 7.89. The lowest BCUT2D eigenvalue weighted by molar-refractivity contribution is -0.384. The van der Waals surface area contributed by atoms with Crippen molar-refractivity contribution in [2.24, 2.45) is 0 Å². The molecule has 11 heteroatoms. The van der Waals surface area contributed by atoms with Crippen molar-refractivity contribution in [1.82, 2.24) is 4.31 Å². The molecule has 0 atom stereocenters. The fourth-order valence-electron chi connectivity index (χ4n) is 4.02. The van der Waals surface area contributed by atoms with Crippen molar-refractivity contribution in [2.45, 2.75) is 4.90 Å². The summed E-state index contributed by atoms with van der Waals surface area (Å²) in [5.74, 6) is 0.297. The Labute approximate surface area is 215 Å². The van der Waals surface area contributed by atoms with Crippen LogP contribution in [0.25, 0.3) is 6.08 Å². The highest BCUT2D eigenvalue weighted by atomic mass is 32.2. The van der Waals surface area contributed by atoms with Gasteiger partial charge in [0.15, 0.2) is 0 Å².